The minimum absolute atomic E-state index is 0.0544. The van der Waals surface area contributed by atoms with E-state index in [1.54, 1.807) is 0 Å². The van der Waals surface area contributed by atoms with Gasteiger partial charge in [0.05, 0.1) is 6.42 Å². The highest BCUT2D eigenvalue weighted by molar-refractivity contribution is 5.66. The largest absolute Gasteiger partial charge is 0.481 e. The third-order valence-corrected chi connectivity index (χ3v) is 2.77. The minimum Gasteiger partial charge on any atom is -0.481 e. The van der Waals surface area contributed by atoms with Gasteiger partial charge in [-0.2, -0.15) is 0 Å². The lowest BCUT2D eigenvalue weighted by molar-refractivity contribution is -0.137. The fourth-order valence-corrected chi connectivity index (χ4v) is 1.44. The number of carbonyl (C=O) groups is 1. The molecule has 3 heteroatoms. The molecule has 15 heavy (non-hydrogen) atoms. The summed E-state index contributed by atoms with van der Waals surface area (Å²) in [6, 6.07) is 0. The highest BCUT2D eigenvalue weighted by atomic mass is 16.4. The van der Waals surface area contributed by atoms with Crippen LogP contribution in [-0.2, 0) is 4.79 Å². The second-order valence-corrected chi connectivity index (χ2v) is 5.27. The van der Waals surface area contributed by atoms with E-state index in [9.17, 15) is 4.79 Å². The van der Waals surface area contributed by atoms with Crippen LogP contribution in [0.3, 0.4) is 0 Å². The van der Waals surface area contributed by atoms with Gasteiger partial charge >= 0.3 is 5.97 Å². The maximum absolute atomic E-state index is 10.6. The molecule has 0 fully saturated rings. The van der Waals surface area contributed by atoms with Crippen molar-refractivity contribution in [2.75, 3.05) is 13.1 Å². The summed E-state index contributed by atoms with van der Waals surface area (Å²) < 4.78 is 0. The third-order valence-electron chi connectivity index (χ3n) is 2.77. The van der Waals surface area contributed by atoms with Crippen molar-refractivity contribution >= 4 is 5.97 Å². The minimum atomic E-state index is -0.714. The number of carboxylic acid groups (broad SMARTS) is 1. The summed E-state index contributed by atoms with van der Waals surface area (Å²) in [6.45, 7) is 12.4. The number of rotatable bonds is 6. The number of aliphatic carboxylic acids is 1. The van der Waals surface area contributed by atoms with Gasteiger partial charge in [0.15, 0.2) is 0 Å². The molecule has 3 nitrogen and oxygen atoms in total. The standard InChI is InChI=1S/C12H25NO2/c1-6-10(2)9-13(12(3,4)5)8-7-11(14)15/h10H,6-9H2,1-5H3,(H,14,15). The first-order valence-electron chi connectivity index (χ1n) is 5.74. The van der Waals surface area contributed by atoms with E-state index in [1.807, 2.05) is 0 Å². The molecule has 0 bridgehead atoms. The summed E-state index contributed by atoms with van der Waals surface area (Å²) in [4.78, 5) is 12.8. The molecule has 0 amide bonds. The molecule has 0 aromatic heterocycles. The number of hydrogen-bond donors (Lipinski definition) is 1. The Morgan fingerprint density at radius 3 is 2.27 bits per heavy atom. The van der Waals surface area contributed by atoms with Crippen molar-refractivity contribution in [3.8, 4) is 0 Å². The van der Waals surface area contributed by atoms with E-state index in [2.05, 4.69) is 39.5 Å². The SMILES string of the molecule is CCC(C)CN(CCC(=O)O)C(C)(C)C. The van der Waals surface area contributed by atoms with Crippen molar-refractivity contribution < 1.29 is 9.90 Å². The molecular weight excluding hydrogens is 190 g/mol. The summed E-state index contributed by atoms with van der Waals surface area (Å²) in [5, 5.41) is 8.69. The smallest absolute Gasteiger partial charge is 0.304 e. The van der Waals surface area contributed by atoms with Crippen LogP contribution in [0.2, 0.25) is 0 Å². The molecule has 0 saturated carbocycles. The van der Waals surface area contributed by atoms with E-state index in [0.717, 1.165) is 13.0 Å². The third kappa shape index (κ3) is 6.50. The summed E-state index contributed by atoms with van der Waals surface area (Å²) in [7, 11) is 0. The first-order chi connectivity index (χ1) is 6.77. The lowest BCUT2D eigenvalue weighted by atomic mass is 10.0. The van der Waals surface area contributed by atoms with Crippen LogP contribution in [0.4, 0.5) is 0 Å². The lowest BCUT2D eigenvalue weighted by Crippen LogP contribution is -2.44. The van der Waals surface area contributed by atoms with E-state index < -0.39 is 5.97 Å². The zero-order valence-corrected chi connectivity index (χ0v) is 10.7. The summed E-state index contributed by atoms with van der Waals surface area (Å²) in [5.41, 5.74) is 0.0544. The van der Waals surface area contributed by atoms with Crippen LogP contribution in [0.5, 0.6) is 0 Å². The molecule has 0 saturated heterocycles. The molecule has 0 aliphatic carbocycles. The van der Waals surface area contributed by atoms with Crippen LogP contribution in [0.15, 0.2) is 0 Å². The van der Waals surface area contributed by atoms with E-state index in [4.69, 9.17) is 5.11 Å². The molecule has 0 spiro atoms. The highest BCUT2D eigenvalue weighted by Gasteiger charge is 2.22. The van der Waals surface area contributed by atoms with E-state index in [-0.39, 0.29) is 12.0 Å². The van der Waals surface area contributed by atoms with Gasteiger partial charge in [0, 0.05) is 18.6 Å². The molecule has 0 radical (unpaired) electrons. The topological polar surface area (TPSA) is 40.5 Å². The molecule has 0 rings (SSSR count). The Labute approximate surface area is 93.5 Å². The van der Waals surface area contributed by atoms with Crippen molar-refractivity contribution in [3.05, 3.63) is 0 Å². The average Bonchev–Trinajstić information content (AvgIpc) is 2.09. The maximum Gasteiger partial charge on any atom is 0.304 e. The Kier molecular flexibility index (Phi) is 5.88. The molecule has 1 atom stereocenters. The molecular formula is C12H25NO2. The zero-order valence-electron chi connectivity index (χ0n) is 10.7. The van der Waals surface area contributed by atoms with Crippen molar-refractivity contribution in [1.29, 1.82) is 0 Å². The Balaban J connectivity index is 4.26. The predicted molar refractivity (Wildman–Crippen MR) is 63.0 cm³/mol. The van der Waals surface area contributed by atoms with Gasteiger partial charge in [-0.3, -0.25) is 9.69 Å². The second-order valence-electron chi connectivity index (χ2n) is 5.27. The van der Waals surface area contributed by atoms with Crippen LogP contribution in [0.25, 0.3) is 0 Å². The van der Waals surface area contributed by atoms with Gasteiger partial charge in [0.25, 0.3) is 0 Å². The Hall–Kier alpha value is -0.570. The molecule has 0 aliphatic rings. The van der Waals surface area contributed by atoms with Crippen LogP contribution >= 0.6 is 0 Å². The van der Waals surface area contributed by atoms with Gasteiger partial charge in [-0.05, 0) is 26.7 Å². The number of nitrogens with zero attached hydrogens (tertiary/aromatic N) is 1. The van der Waals surface area contributed by atoms with Gasteiger partial charge in [0.1, 0.15) is 0 Å². The highest BCUT2D eigenvalue weighted by Crippen LogP contribution is 2.17. The Morgan fingerprint density at radius 1 is 1.40 bits per heavy atom. The van der Waals surface area contributed by atoms with Crippen molar-refractivity contribution in [3.63, 3.8) is 0 Å². The predicted octanol–water partition coefficient (Wildman–Crippen LogP) is 2.61. The van der Waals surface area contributed by atoms with Gasteiger partial charge in [0.2, 0.25) is 0 Å². The van der Waals surface area contributed by atoms with E-state index in [1.165, 1.54) is 0 Å². The zero-order chi connectivity index (χ0) is 12.1. The molecule has 0 heterocycles. The first-order valence-corrected chi connectivity index (χ1v) is 5.74. The molecule has 0 aromatic rings. The fourth-order valence-electron chi connectivity index (χ4n) is 1.44. The van der Waals surface area contributed by atoms with Crippen LogP contribution < -0.4 is 0 Å². The van der Waals surface area contributed by atoms with Crippen molar-refractivity contribution in [2.24, 2.45) is 5.92 Å². The monoisotopic (exact) mass is 215 g/mol. The normalized spacial score (nSPS) is 14.3. The average molecular weight is 215 g/mol. The fraction of sp³-hybridized carbons (Fsp3) is 0.917. The van der Waals surface area contributed by atoms with Crippen LogP contribution in [-0.4, -0.2) is 34.6 Å². The molecule has 0 aromatic carbocycles. The Bertz CT molecular complexity index is 196. The summed E-state index contributed by atoms with van der Waals surface area (Å²) in [6.07, 6.45) is 1.37. The van der Waals surface area contributed by atoms with Crippen molar-refractivity contribution in [2.45, 2.75) is 53.0 Å². The van der Waals surface area contributed by atoms with Gasteiger partial charge in [-0.1, -0.05) is 20.3 Å². The van der Waals surface area contributed by atoms with E-state index in [0.29, 0.717) is 12.5 Å². The van der Waals surface area contributed by atoms with Crippen molar-refractivity contribution in [1.82, 2.24) is 4.90 Å². The van der Waals surface area contributed by atoms with Gasteiger partial charge in [-0.15, -0.1) is 0 Å². The van der Waals surface area contributed by atoms with Crippen LogP contribution in [0.1, 0.15) is 47.5 Å². The summed E-state index contributed by atoms with van der Waals surface area (Å²) >= 11 is 0. The van der Waals surface area contributed by atoms with Crippen LogP contribution in [0, 0.1) is 5.92 Å². The number of hydrogen-bond acceptors (Lipinski definition) is 2. The first kappa shape index (κ1) is 14.4. The number of carboxylic acids is 1. The lowest BCUT2D eigenvalue weighted by Gasteiger charge is -2.37. The van der Waals surface area contributed by atoms with Gasteiger partial charge in [-0.25, -0.2) is 0 Å². The maximum atomic E-state index is 10.6. The molecule has 0 aliphatic heterocycles. The Morgan fingerprint density at radius 2 is 1.93 bits per heavy atom. The van der Waals surface area contributed by atoms with Gasteiger partial charge < -0.3 is 5.11 Å². The molecule has 1 N–H and O–H groups in total. The summed E-state index contributed by atoms with van der Waals surface area (Å²) in [5.74, 6) is -0.0913. The molecule has 90 valence electrons. The molecule has 1 unspecified atom stereocenters. The second kappa shape index (κ2) is 6.11. The quantitative estimate of drug-likeness (QED) is 0.740. The van der Waals surface area contributed by atoms with E-state index >= 15 is 0 Å².